The number of anilines is 3. The topological polar surface area (TPSA) is 85.4 Å². The third kappa shape index (κ3) is 4.56. The maximum absolute atomic E-state index is 12.6. The minimum Gasteiger partial charge on any atom is -0.495 e. The number of hydrogen-bond donors (Lipinski definition) is 2. The Morgan fingerprint density at radius 2 is 1.86 bits per heavy atom. The van der Waals surface area contributed by atoms with E-state index >= 15 is 0 Å². The summed E-state index contributed by atoms with van der Waals surface area (Å²) in [7, 11) is 1.60. The van der Waals surface area contributed by atoms with Gasteiger partial charge in [-0.3, -0.25) is 4.79 Å². The van der Waals surface area contributed by atoms with Crippen molar-refractivity contribution in [1.29, 1.82) is 0 Å². The standard InChI is InChI=1S/C21H22N4O3/c1-4-28-19-8-6-5-7-15(19)25-21(26)17-12-20(23-13-22-17)24-16-11-14(2)9-10-18(16)27-3/h5-13H,4H2,1-3H3,(H,25,26)(H,22,23,24). The predicted molar refractivity (Wildman–Crippen MR) is 109 cm³/mol. The first kappa shape index (κ1) is 19.2. The van der Waals surface area contributed by atoms with Crippen LogP contribution in [0.5, 0.6) is 11.5 Å². The number of para-hydroxylation sites is 2. The van der Waals surface area contributed by atoms with Crippen molar-refractivity contribution < 1.29 is 14.3 Å². The summed E-state index contributed by atoms with van der Waals surface area (Å²) < 4.78 is 10.9. The van der Waals surface area contributed by atoms with Gasteiger partial charge < -0.3 is 20.1 Å². The Balaban J connectivity index is 1.80. The van der Waals surface area contributed by atoms with Crippen molar-refractivity contribution in [2.24, 2.45) is 0 Å². The molecule has 3 aromatic rings. The fourth-order valence-electron chi connectivity index (χ4n) is 2.64. The fourth-order valence-corrected chi connectivity index (χ4v) is 2.64. The zero-order chi connectivity index (χ0) is 19.9. The monoisotopic (exact) mass is 378 g/mol. The molecular weight excluding hydrogens is 356 g/mol. The average molecular weight is 378 g/mol. The van der Waals surface area contributed by atoms with Gasteiger partial charge in [-0.15, -0.1) is 0 Å². The molecule has 7 heteroatoms. The molecule has 2 aromatic carbocycles. The van der Waals surface area contributed by atoms with Crippen LogP contribution in [0, 0.1) is 6.92 Å². The van der Waals surface area contributed by atoms with Gasteiger partial charge in [0.25, 0.3) is 5.91 Å². The molecule has 0 bridgehead atoms. The smallest absolute Gasteiger partial charge is 0.274 e. The summed E-state index contributed by atoms with van der Waals surface area (Å²) >= 11 is 0. The number of carbonyl (C=O) groups is 1. The molecular formula is C21H22N4O3. The van der Waals surface area contributed by atoms with Crippen molar-refractivity contribution in [2.75, 3.05) is 24.4 Å². The molecule has 0 aliphatic carbocycles. The molecule has 1 amide bonds. The van der Waals surface area contributed by atoms with E-state index in [1.54, 1.807) is 25.3 Å². The molecule has 7 nitrogen and oxygen atoms in total. The molecule has 0 spiro atoms. The van der Waals surface area contributed by atoms with Gasteiger partial charge in [0.15, 0.2) is 0 Å². The Morgan fingerprint density at radius 1 is 1.04 bits per heavy atom. The number of hydrogen-bond acceptors (Lipinski definition) is 6. The van der Waals surface area contributed by atoms with Crippen molar-refractivity contribution in [2.45, 2.75) is 13.8 Å². The Kier molecular flexibility index (Phi) is 6.06. The van der Waals surface area contributed by atoms with E-state index < -0.39 is 0 Å². The first-order valence-electron chi connectivity index (χ1n) is 8.87. The second-order valence-corrected chi connectivity index (χ2v) is 6.00. The molecule has 0 radical (unpaired) electrons. The highest BCUT2D eigenvalue weighted by molar-refractivity contribution is 6.04. The van der Waals surface area contributed by atoms with Crippen LogP contribution in [0.4, 0.5) is 17.2 Å². The van der Waals surface area contributed by atoms with Crippen LogP contribution in [-0.4, -0.2) is 29.6 Å². The number of methoxy groups -OCH3 is 1. The summed E-state index contributed by atoms with van der Waals surface area (Å²) in [5, 5.41) is 6.00. The molecule has 0 aliphatic rings. The summed E-state index contributed by atoms with van der Waals surface area (Å²) in [6, 6.07) is 14.6. The largest absolute Gasteiger partial charge is 0.495 e. The molecule has 3 rings (SSSR count). The van der Waals surface area contributed by atoms with Gasteiger partial charge in [0.1, 0.15) is 29.3 Å². The average Bonchev–Trinajstić information content (AvgIpc) is 2.70. The van der Waals surface area contributed by atoms with E-state index in [2.05, 4.69) is 20.6 Å². The normalized spacial score (nSPS) is 10.2. The van der Waals surface area contributed by atoms with Crippen LogP contribution in [0.3, 0.4) is 0 Å². The van der Waals surface area contributed by atoms with E-state index in [1.165, 1.54) is 6.33 Å². The highest BCUT2D eigenvalue weighted by Gasteiger charge is 2.13. The summed E-state index contributed by atoms with van der Waals surface area (Å²) in [6.45, 7) is 4.38. The van der Waals surface area contributed by atoms with E-state index in [1.807, 2.05) is 44.2 Å². The Labute approximate surface area is 163 Å². The lowest BCUT2D eigenvalue weighted by Gasteiger charge is -2.13. The maximum atomic E-state index is 12.6. The molecule has 1 aromatic heterocycles. The molecule has 1 heterocycles. The molecule has 28 heavy (non-hydrogen) atoms. The Morgan fingerprint density at radius 3 is 2.64 bits per heavy atom. The van der Waals surface area contributed by atoms with Crippen molar-refractivity contribution in [3.63, 3.8) is 0 Å². The number of aromatic nitrogens is 2. The lowest BCUT2D eigenvalue weighted by Crippen LogP contribution is -2.15. The van der Waals surface area contributed by atoms with Crippen molar-refractivity contribution in [1.82, 2.24) is 9.97 Å². The van der Waals surface area contributed by atoms with E-state index in [0.717, 1.165) is 11.3 Å². The fraction of sp³-hybridized carbons (Fsp3) is 0.190. The first-order chi connectivity index (χ1) is 13.6. The van der Waals surface area contributed by atoms with Crippen LogP contribution in [0.15, 0.2) is 54.9 Å². The number of ether oxygens (including phenoxy) is 2. The van der Waals surface area contributed by atoms with Crippen molar-refractivity contribution in [3.8, 4) is 11.5 Å². The molecule has 144 valence electrons. The van der Waals surface area contributed by atoms with Gasteiger partial charge in [-0.1, -0.05) is 18.2 Å². The summed E-state index contributed by atoms with van der Waals surface area (Å²) in [5.41, 5.74) is 2.65. The first-order valence-corrected chi connectivity index (χ1v) is 8.87. The van der Waals surface area contributed by atoms with Crippen LogP contribution in [0.25, 0.3) is 0 Å². The van der Waals surface area contributed by atoms with Gasteiger partial charge in [0.05, 0.1) is 25.1 Å². The number of rotatable bonds is 7. The van der Waals surface area contributed by atoms with Crippen molar-refractivity contribution >= 4 is 23.1 Å². The molecule has 0 saturated carbocycles. The molecule has 0 atom stereocenters. The number of nitrogens with zero attached hydrogens (tertiary/aromatic N) is 2. The zero-order valence-electron chi connectivity index (χ0n) is 16.0. The van der Waals surface area contributed by atoms with E-state index in [0.29, 0.717) is 29.6 Å². The van der Waals surface area contributed by atoms with Gasteiger partial charge in [0, 0.05) is 6.07 Å². The number of benzene rings is 2. The van der Waals surface area contributed by atoms with Gasteiger partial charge in [-0.25, -0.2) is 9.97 Å². The minimum absolute atomic E-state index is 0.232. The van der Waals surface area contributed by atoms with Gasteiger partial charge in [0.2, 0.25) is 0 Å². The second kappa shape index (κ2) is 8.85. The molecule has 0 aliphatic heterocycles. The van der Waals surface area contributed by atoms with Crippen molar-refractivity contribution in [3.05, 3.63) is 66.1 Å². The number of nitrogens with one attached hydrogen (secondary N) is 2. The van der Waals surface area contributed by atoms with Crippen LogP contribution in [-0.2, 0) is 0 Å². The maximum Gasteiger partial charge on any atom is 0.274 e. The minimum atomic E-state index is -0.353. The van der Waals surface area contributed by atoms with Crippen LogP contribution < -0.4 is 20.1 Å². The molecule has 0 saturated heterocycles. The van der Waals surface area contributed by atoms with Gasteiger partial charge in [-0.05, 0) is 43.7 Å². The van der Waals surface area contributed by atoms with Gasteiger partial charge >= 0.3 is 0 Å². The lowest BCUT2D eigenvalue weighted by atomic mass is 10.2. The van der Waals surface area contributed by atoms with Gasteiger partial charge in [-0.2, -0.15) is 0 Å². The SMILES string of the molecule is CCOc1ccccc1NC(=O)c1cc(Nc2cc(C)ccc2OC)ncn1. The summed E-state index contributed by atoms with van der Waals surface area (Å²) in [5.74, 6) is 1.42. The predicted octanol–water partition coefficient (Wildman–Crippen LogP) is 4.19. The summed E-state index contributed by atoms with van der Waals surface area (Å²) in [4.78, 5) is 20.9. The Bertz CT molecular complexity index is 975. The highest BCUT2D eigenvalue weighted by Crippen LogP contribution is 2.28. The van der Waals surface area contributed by atoms with E-state index in [-0.39, 0.29) is 11.6 Å². The number of amides is 1. The van der Waals surface area contributed by atoms with E-state index in [9.17, 15) is 4.79 Å². The van der Waals surface area contributed by atoms with Crippen LogP contribution in [0.1, 0.15) is 23.0 Å². The summed E-state index contributed by atoms with van der Waals surface area (Å²) in [6.07, 6.45) is 1.34. The highest BCUT2D eigenvalue weighted by atomic mass is 16.5. The third-order valence-corrected chi connectivity index (χ3v) is 3.95. The second-order valence-electron chi connectivity index (χ2n) is 6.00. The molecule has 2 N–H and O–H groups in total. The lowest BCUT2D eigenvalue weighted by molar-refractivity contribution is 0.102. The van der Waals surface area contributed by atoms with Crippen LogP contribution >= 0.6 is 0 Å². The molecule has 0 unspecified atom stereocenters. The van der Waals surface area contributed by atoms with E-state index in [4.69, 9.17) is 9.47 Å². The zero-order valence-corrected chi connectivity index (χ0v) is 16.0. The number of carbonyl (C=O) groups excluding carboxylic acids is 1. The van der Waals surface area contributed by atoms with Crippen LogP contribution in [0.2, 0.25) is 0 Å². The Hall–Kier alpha value is -3.61. The quantitative estimate of drug-likeness (QED) is 0.641. The third-order valence-electron chi connectivity index (χ3n) is 3.95. The molecule has 0 fully saturated rings. The number of aryl methyl sites for hydroxylation is 1.